The van der Waals surface area contributed by atoms with Crippen molar-refractivity contribution in [2.45, 2.75) is 6.42 Å². The Bertz CT molecular complexity index is 842. The van der Waals surface area contributed by atoms with Gasteiger partial charge in [0.15, 0.2) is 0 Å². The molecule has 21 heavy (non-hydrogen) atoms. The van der Waals surface area contributed by atoms with Crippen molar-refractivity contribution in [3.8, 4) is 6.07 Å². The molecule has 3 aromatic rings. The number of carbonyl (C=O) groups excluding carboxylic acids is 1. The van der Waals surface area contributed by atoms with Gasteiger partial charge in [0.2, 0.25) is 5.91 Å². The lowest BCUT2D eigenvalue weighted by Gasteiger charge is -2.07. The topological polar surface area (TPSA) is 68.7 Å². The lowest BCUT2D eigenvalue weighted by Crippen LogP contribution is -2.15. The summed E-state index contributed by atoms with van der Waals surface area (Å²) in [7, 11) is 0. The van der Waals surface area contributed by atoms with Gasteiger partial charge in [0.05, 0.1) is 17.7 Å². The van der Waals surface area contributed by atoms with Gasteiger partial charge in [-0.1, -0.05) is 18.2 Å². The van der Waals surface area contributed by atoms with Gasteiger partial charge in [-0.2, -0.15) is 5.26 Å². The Morgan fingerprint density at radius 1 is 1.19 bits per heavy atom. The molecule has 2 N–H and O–H groups in total. The van der Waals surface area contributed by atoms with Gasteiger partial charge in [-0.05, 0) is 41.3 Å². The van der Waals surface area contributed by atoms with Gasteiger partial charge in [0.25, 0.3) is 0 Å². The van der Waals surface area contributed by atoms with Crippen molar-refractivity contribution in [1.82, 2.24) is 4.98 Å². The Morgan fingerprint density at radius 3 is 2.90 bits per heavy atom. The second-order valence-corrected chi connectivity index (χ2v) is 4.78. The number of carbonyl (C=O) groups is 1. The molecule has 0 radical (unpaired) electrons. The predicted octanol–water partition coefficient (Wildman–Crippen LogP) is 3.22. The fourth-order valence-electron chi connectivity index (χ4n) is 2.28. The summed E-state index contributed by atoms with van der Waals surface area (Å²) in [6.45, 7) is 0. The summed E-state index contributed by atoms with van der Waals surface area (Å²) in [4.78, 5) is 15.2. The highest BCUT2D eigenvalue weighted by Crippen LogP contribution is 2.17. The summed E-state index contributed by atoms with van der Waals surface area (Å²) in [5.74, 6) is -0.132. The Balaban J connectivity index is 1.75. The molecule has 2 aromatic carbocycles. The van der Waals surface area contributed by atoms with Crippen molar-refractivity contribution < 1.29 is 4.79 Å². The fraction of sp³-hybridized carbons (Fsp3) is 0.0588. The number of fused-ring (bicyclic) bond motifs is 1. The number of aromatic amines is 1. The van der Waals surface area contributed by atoms with E-state index in [1.807, 2.05) is 30.5 Å². The SMILES string of the molecule is N#Cc1ccccc1NC(=O)Cc1ccc2[nH]ccc2c1. The molecule has 1 amide bonds. The standard InChI is InChI=1S/C17H13N3O/c18-11-14-3-1-2-4-16(14)20-17(21)10-12-5-6-15-13(9-12)7-8-19-15/h1-9,19H,10H2,(H,20,21). The van der Waals surface area contributed by atoms with E-state index in [1.54, 1.807) is 24.3 Å². The first-order chi connectivity index (χ1) is 10.3. The van der Waals surface area contributed by atoms with E-state index < -0.39 is 0 Å². The first-order valence-corrected chi connectivity index (χ1v) is 6.61. The minimum atomic E-state index is -0.132. The normalized spacial score (nSPS) is 10.2. The summed E-state index contributed by atoms with van der Waals surface area (Å²) < 4.78 is 0. The number of amides is 1. The fourth-order valence-corrected chi connectivity index (χ4v) is 2.28. The van der Waals surface area contributed by atoms with E-state index in [0.29, 0.717) is 11.3 Å². The lowest BCUT2D eigenvalue weighted by molar-refractivity contribution is -0.115. The molecular formula is C17H13N3O. The molecule has 0 unspecified atom stereocenters. The summed E-state index contributed by atoms with van der Waals surface area (Å²) in [5, 5.41) is 12.9. The molecular weight excluding hydrogens is 262 g/mol. The molecule has 4 heteroatoms. The van der Waals surface area contributed by atoms with Gasteiger partial charge in [-0.25, -0.2) is 0 Å². The second-order valence-electron chi connectivity index (χ2n) is 4.78. The van der Waals surface area contributed by atoms with E-state index in [9.17, 15) is 4.79 Å². The average molecular weight is 275 g/mol. The van der Waals surface area contributed by atoms with Gasteiger partial charge < -0.3 is 10.3 Å². The van der Waals surface area contributed by atoms with Crippen LogP contribution in [0.5, 0.6) is 0 Å². The van der Waals surface area contributed by atoms with E-state index in [4.69, 9.17) is 5.26 Å². The predicted molar refractivity (Wildman–Crippen MR) is 81.8 cm³/mol. The molecule has 0 aliphatic carbocycles. The number of hydrogen-bond acceptors (Lipinski definition) is 2. The van der Waals surface area contributed by atoms with Crippen LogP contribution in [-0.2, 0) is 11.2 Å². The maximum Gasteiger partial charge on any atom is 0.228 e. The Kier molecular flexibility index (Phi) is 3.40. The highest BCUT2D eigenvalue weighted by atomic mass is 16.1. The Hall–Kier alpha value is -3.06. The monoisotopic (exact) mass is 275 g/mol. The second kappa shape index (κ2) is 5.51. The largest absolute Gasteiger partial charge is 0.361 e. The van der Waals surface area contributed by atoms with Gasteiger partial charge in [0.1, 0.15) is 6.07 Å². The van der Waals surface area contributed by atoms with Crippen LogP contribution in [0.2, 0.25) is 0 Å². The number of nitrogens with zero attached hydrogens (tertiary/aromatic N) is 1. The van der Waals surface area contributed by atoms with Crippen LogP contribution in [0.1, 0.15) is 11.1 Å². The zero-order valence-corrected chi connectivity index (χ0v) is 11.3. The van der Waals surface area contributed by atoms with Crippen molar-refractivity contribution in [1.29, 1.82) is 5.26 Å². The molecule has 4 nitrogen and oxygen atoms in total. The molecule has 0 saturated carbocycles. The van der Waals surface area contributed by atoms with Gasteiger partial charge in [-0.15, -0.1) is 0 Å². The third-order valence-corrected chi connectivity index (χ3v) is 3.30. The van der Waals surface area contributed by atoms with E-state index >= 15 is 0 Å². The minimum absolute atomic E-state index is 0.132. The number of nitriles is 1. The summed E-state index contributed by atoms with van der Waals surface area (Å²) in [6.07, 6.45) is 2.15. The van der Waals surface area contributed by atoms with E-state index in [-0.39, 0.29) is 12.3 Å². The summed E-state index contributed by atoms with van der Waals surface area (Å²) in [6, 6.07) is 16.9. The smallest absolute Gasteiger partial charge is 0.228 e. The van der Waals surface area contributed by atoms with Crippen molar-refractivity contribution in [2.24, 2.45) is 0 Å². The maximum atomic E-state index is 12.1. The van der Waals surface area contributed by atoms with Crippen molar-refractivity contribution in [2.75, 3.05) is 5.32 Å². The number of rotatable bonds is 3. The molecule has 102 valence electrons. The number of nitrogens with one attached hydrogen (secondary N) is 2. The first kappa shape index (κ1) is 12.9. The van der Waals surface area contributed by atoms with Crippen LogP contribution in [0.25, 0.3) is 10.9 Å². The molecule has 0 atom stereocenters. The molecule has 1 heterocycles. The first-order valence-electron chi connectivity index (χ1n) is 6.61. The Morgan fingerprint density at radius 2 is 2.05 bits per heavy atom. The zero-order valence-electron chi connectivity index (χ0n) is 11.3. The van der Waals surface area contributed by atoms with Crippen LogP contribution in [0.15, 0.2) is 54.7 Å². The molecule has 0 bridgehead atoms. The van der Waals surface area contributed by atoms with Gasteiger partial charge in [-0.3, -0.25) is 4.79 Å². The molecule has 0 aliphatic heterocycles. The maximum absolute atomic E-state index is 12.1. The highest BCUT2D eigenvalue weighted by molar-refractivity contribution is 5.94. The van der Waals surface area contributed by atoms with Crippen LogP contribution in [-0.4, -0.2) is 10.9 Å². The number of aromatic nitrogens is 1. The summed E-state index contributed by atoms with van der Waals surface area (Å²) in [5.41, 5.74) is 3.00. The minimum Gasteiger partial charge on any atom is -0.361 e. The van der Waals surface area contributed by atoms with Crippen molar-refractivity contribution in [3.05, 3.63) is 65.9 Å². The van der Waals surface area contributed by atoms with Crippen LogP contribution in [0.4, 0.5) is 5.69 Å². The highest BCUT2D eigenvalue weighted by Gasteiger charge is 2.08. The number of hydrogen-bond donors (Lipinski definition) is 2. The van der Waals surface area contributed by atoms with Crippen LogP contribution in [0.3, 0.4) is 0 Å². The molecule has 0 saturated heterocycles. The zero-order chi connectivity index (χ0) is 14.7. The van der Waals surface area contributed by atoms with E-state index in [2.05, 4.69) is 16.4 Å². The molecule has 0 aliphatic rings. The van der Waals surface area contributed by atoms with Crippen LogP contribution < -0.4 is 5.32 Å². The third-order valence-electron chi connectivity index (χ3n) is 3.30. The Labute approximate surface area is 122 Å². The molecule has 3 rings (SSSR count). The number of benzene rings is 2. The molecule has 1 aromatic heterocycles. The average Bonchev–Trinajstić information content (AvgIpc) is 2.95. The van der Waals surface area contributed by atoms with Gasteiger partial charge >= 0.3 is 0 Å². The van der Waals surface area contributed by atoms with Crippen molar-refractivity contribution in [3.63, 3.8) is 0 Å². The van der Waals surface area contributed by atoms with Crippen molar-refractivity contribution >= 4 is 22.5 Å². The van der Waals surface area contributed by atoms with E-state index in [0.717, 1.165) is 16.5 Å². The van der Waals surface area contributed by atoms with Crippen LogP contribution >= 0.6 is 0 Å². The third kappa shape index (κ3) is 2.77. The van der Waals surface area contributed by atoms with Gasteiger partial charge in [0, 0.05) is 11.7 Å². The van der Waals surface area contributed by atoms with Crippen LogP contribution in [0, 0.1) is 11.3 Å². The lowest BCUT2D eigenvalue weighted by atomic mass is 10.1. The molecule has 0 spiro atoms. The summed E-state index contributed by atoms with van der Waals surface area (Å²) >= 11 is 0. The number of para-hydroxylation sites is 1. The number of H-pyrrole nitrogens is 1. The van der Waals surface area contributed by atoms with E-state index in [1.165, 1.54) is 0 Å². The number of anilines is 1. The molecule has 0 fully saturated rings. The quantitative estimate of drug-likeness (QED) is 0.770.